The topological polar surface area (TPSA) is 78.0 Å². The van der Waals surface area contributed by atoms with Gasteiger partial charge in [0.1, 0.15) is 16.5 Å². The molecule has 1 heterocycles. The lowest BCUT2D eigenvalue weighted by atomic mass is 10.1. The zero-order valence-corrected chi connectivity index (χ0v) is 14.9. The molecular formula is C21H19N3O2. The monoisotopic (exact) mass is 345 g/mol. The molecule has 0 spiro atoms. The van der Waals surface area contributed by atoms with E-state index in [4.69, 9.17) is 5.73 Å². The molecule has 0 amide bonds. The molecule has 5 heteroatoms. The minimum atomic E-state index is -0.514. The van der Waals surface area contributed by atoms with Crippen LogP contribution in [-0.4, -0.2) is 9.55 Å². The molecule has 1 aliphatic carbocycles. The molecule has 0 radical (unpaired) electrons. The van der Waals surface area contributed by atoms with Crippen LogP contribution in [0.4, 0.5) is 5.82 Å². The van der Waals surface area contributed by atoms with Gasteiger partial charge in [-0.1, -0.05) is 36.4 Å². The summed E-state index contributed by atoms with van der Waals surface area (Å²) in [6.07, 6.45) is 0. The Bertz CT molecular complexity index is 1370. The summed E-state index contributed by atoms with van der Waals surface area (Å²) in [5, 5.41) is 1.87. The second-order valence-electron chi connectivity index (χ2n) is 7.42. The lowest BCUT2D eigenvalue weighted by Gasteiger charge is -2.25. The van der Waals surface area contributed by atoms with Crippen LogP contribution in [0.15, 0.2) is 58.1 Å². The number of nitrogens with zero attached hydrogens (tertiary/aromatic N) is 2. The smallest absolute Gasteiger partial charge is 0.214 e. The van der Waals surface area contributed by atoms with Crippen molar-refractivity contribution in [2.75, 3.05) is 5.73 Å². The minimum absolute atomic E-state index is 0.150. The molecule has 0 atom stereocenters. The molecule has 5 nitrogen and oxygen atoms in total. The first-order valence-electron chi connectivity index (χ1n) is 8.47. The molecule has 0 saturated heterocycles. The summed E-state index contributed by atoms with van der Waals surface area (Å²) in [5.41, 5.74) is 6.08. The van der Waals surface area contributed by atoms with E-state index in [1.54, 1.807) is 34.9 Å². The lowest BCUT2D eigenvalue weighted by Crippen LogP contribution is -2.30. The van der Waals surface area contributed by atoms with Crippen LogP contribution < -0.4 is 16.6 Å². The second kappa shape index (κ2) is 5.39. The average molecular weight is 345 g/mol. The Balaban J connectivity index is 2.55. The number of benzene rings is 2. The first-order chi connectivity index (χ1) is 12.3. The Morgan fingerprint density at radius 2 is 1.38 bits per heavy atom. The normalized spacial score (nSPS) is 12.1. The summed E-state index contributed by atoms with van der Waals surface area (Å²) in [5.74, 6) is 0.419. The number of anilines is 1. The van der Waals surface area contributed by atoms with Crippen molar-refractivity contribution in [2.45, 2.75) is 26.3 Å². The van der Waals surface area contributed by atoms with E-state index < -0.39 is 5.54 Å². The number of rotatable bonds is 0. The maximum Gasteiger partial charge on any atom is 0.214 e. The molecule has 4 rings (SSSR count). The van der Waals surface area contributed by atoms with Crippen LogP contribution in [0.3, 0.4) is 0 Å². The summed E-state index contributed by atoms with van der Waals surface area (Å²) >= 11 is 0. The van der Waals surface area contributed by atoms with Crippen LogP contribution in [0.2, 0.25) is 0 Å². The van der Waals surface area contributed by atoms with Gasteiger partial charge in [-0.15, -0.1) is 0 Å². The van der Waals surface area contributed by atoms with Crippen LogP contribution in [0.1, 0.15) is 20.8 Å². The van der Waals surface area contributed by atoms with Gasteiger partial charge in [0.15, 0.2) is 0 Å². The van der Waals surface area contributed by atoms with Crippen LogP contribution in [0.25, 0.3) is 21.7 Å². The highest BCUT2D eigenvalue weighted by Crippen LogP contribution is 2.25. The maximum atomic E-state index is 13.3. The van der Waals surface area contributed by atoms with Crippen molar-refractivity contribution >= 4 is 27.5 Å². The molecule has 0 fully saturated rings. The summed E-state index contributed by atoms with van der Waals surface area (Å²) in [7, 11) is 0. The fraction of sp³-hybridized carbons (Fsp3) is 0.190. The summed E-state index contributed by atoms with van der Waals surface area (Å²) < 4.78 is 1.74. The Labute approximate surface area is 149 Å². The Morgan fingerprint density at radius 3 is 2.00 bits per heavy atom. The van der Waals surface area contributed by atoms with Gasteiger partial charge < -0.3 is 10.3 Å². The standard InChI is InChI=1S/C21H19N3O2/c1-21(2,3)24-17-16(23-15-11-7-6-10-14(15)20(24)22)18(25)12-8-4-5-9-13(12)19(17)26/h4-11H,22H2,1-3H3. The van der Waals surface area contributed by atoms with Gasteiger partial charge in [-0.2, -0.15) is 0 Å². The SMILES string of the molecule is CC(C)(C)n1c(N)c2ccccc2nc2c(=O)c3ccccc3c(=O)c1=2. The van der Waals surface area contributed by atoms with Gasteiger partial charge in [0.05, 0.1) is 5.52 Å². The van der Waals surface area contributed by atoms with Crippen LogP contribution in [0, 0.1) is 10.7 Å². The highest BCUT2D eigenvalue weighted by atomic mass is 16.1. The quantitative estimate of drug-likeness (QED) is 0.531. The van der Waals surface area contributed by atoms with E-state index in [0.29, 0.717) is 27.5 Å². The second-order valence-corrected chi connectivity index (χ2v) is 7.42. The van der Waals surface area contributed by atoms with E-state index in [-0.39, 0.29) is 21.6 Å². The Hall–Kier alpha value is -3.21. The molecule has 1 aliphatic heterocycles. The number of hydrogen-bond acceptors (Lipinski definition) is 4. The molecular weight excluding hydrogens is 326 g/mol. The third-order valence-corrected chi connectivity index (χ3v) is 4.62. The highest BCUT2D eigenvalue weighted by Gasteiger charge is 2.21. The fourth-order valence-corrected chi connectivity index (χ4v) is 3.51. The molecule has 0 aromatic heterocycles. The van der Waals surface area contributed by atoms with E-state index in [1.807, 2.05) is 39.0 Å². The van der Waals surface area contributed by atoms with Crippen LogP contribution >= 0.6 is 0 Å². The molecule has 26 heavy (non-hydrogen) atoms. The molecule has 2 N–H and O–H groups in total. The number of nitrogens with two attached hydrogens (primary N) is 1. The molecule has 2 aromatic carbocycles. The van der Waals surface area contributed by atoms with Gasteiger partial charge in [0.2, 0.25) is 10.9 Å². The number of nitrogen functional groups attached to an aromatic ring is 1. The van der Waals surface area contributed by atoms with Gasteiger partial charge in [0.25, 0.3) is 0 Å². The van der Waals surface area contributed by atoms with Gasteiger partial charge in [-0.3, -0.25) is 9.59 Å². The lowest BCUT2D eigenvalue weighted by molar-refractivity contribution is 0.393. The Morgan fingerprint density at radius 1 is 0.846 bits per heavy atom. The van der Waals surface area contributed by atoms with Crippen molar-refractivity contribution in [3.05, 3.63) is 79.7 Å². The third kappa shape index (κ3) is 2.20. The van der Waals surface area contributed by atoms with Crippen LogP contribution in [-0.2, 0) is 5.54 Å². The van der Waals surface area contributed by atoms with Gasteiger partial charge >= 0.3 is 0 Å². The van der Waals surface area contributed by atoms with E-state index in [1.165, 1.54) is 0 Å². The van der Waals surface area contributed by atoms with Gasteiger partial charge in [-0.25, -0.2) is 4.98 Å². The zero-order valence-electron chi connectivity index (χ0n) is 14.9. The summed E-state index contributed by atoms with van der Waals surface area (Å²) in [4.78, 5) is 31.1. The van der Waals surface area contributed by atoms with Crippen LogP contribution in [0.5, 0.6) is 0 Å². The van der Waals surface area contributed by atoms with Crippen molar-refractivity contribution in [1.82, 2.24) is 9.55 Å². The van der Waals surface area contributed by atoms with E-state index in [0.717, 1.165) is 0 Å². The van der Waals surface area contributed by atoms with Gasteiger partial charge in [0, 0.05) is 21.7 Å². The van der Waals surface area contributed by atoms with Gasteiger partial charge in [-0.05, 0) is 32.9 Å². The minimum Gasteiger partial charge on any atom is -0.385 e. The number of fused-ring (bicyclic) bond motifs is 2. The number of aromatic nitrogens is 2. The highest BCUT2D eigenvalue weighted by molar-refractivity contribution is 5.88. The predicted octanol–water partition coefficient (Wildman–Crippen LogP) is 2.97. The molecule has 0 saturated carbocycles. The van der Waals surface area contributed by atoms with Crippen molar-refractivity contribution in [3.8, 4) is 0 Å². The van der Waals surface area contributed by atoms with E-state index in [9.17, 15) is 9.59 Å². The first-order valence-corrected chi connectivity index (χ1v) is 8.47. The number of para-hydroxylation sites is 1. The van der Waals surface area contributed by atoms with E-state index >= 15 is 0 Å². The third-order valence-electron chi connectivity index (χ3n) is 4.62. The molecule has 130 valence electrons. The molecule has 0 unspecified atom stereocenters. The van der Waals surface area contributed by atoms with Crippen molar-refractivity contribution < 1.29 is 0 Å². The Kier molecular flexibility index (Phi) is 3.37. The van der Waals surface area contributed by atoms with Crippen molar-refractivity contribution in [1.29, 1.82) is 0 Å². The summed E-state index contributed by atoms with van der Waals surface area (Å²) in [6.45, 7) is 5.87. The predicted molar refractivity (Wildman–Crippen MR) is 104 cm³/mol. The van der Waals surface area contributed by atoms with E-state index in [2.05, 4.69) is 4.98 Å². The molecule has 2 aromatic rings. The zero-order chi connectivity index (χ0) is 18.6. The van der Waals surface area contributed by atoms with Crippen molar-refractivity contribution in [3.63, 3.8) is 0 Å². The first kappa shape index (κ1) is 16.3. The maximum absolute atomic E-state index is 13.3. The fourth-order valence-electron chi connectivity index (χ4n) is 3.51. The average Bonchev–Trinajstić information content (AvgIpc) is 2.74. The molecule has 2 aliphatic rings. The number of hydrogen-bond donors (Lipinski definition) is 1. The largest absolute Gasteiger partial charge is 0.385 e. The molecule has 0 bridgehead atoms. The summed E-state index contributed by atoms with van der Waals surface area (Å²) in [6, 6.07) is 14.2. The van der Waals surface area contributed by atoms with Crippen molar-refractivity contribution in [2.24, 2.45) is 0 Å².